The first-order valence-corrected chi connectivity index (χ1v) is 9.96. The molecule has 28 heavy (non-hydrogen) atoms. The summed E-state index contributed by atoms with van der Waals surface area (Å²) in [6.07, 6.45) is 8.98. The van der Waals surface area contributed by atoms with Gasteiger partial charge < -0.3 is 9.64 Å². The maximum Gasteiger partial charge on any atom is 0.213 e. The van der Waals surface area contributed by atoms with Crippen molar-refractivity contribution in [3.63, 3.8) is 0 Å². The molecule has 4 nitrogen and oxygen atoms in total. The minimum Gasteiger partial charge on any atom is -0.474 e. The molecule has 0 radical (unpaired) electrons. The fourth-order valence-corrected chi connectivity index (χ4v) is 3.84. The summed E-state index contributed by atoms with van der Waals surface area (Å²) in [5.41, 5.74) is 6.81. The van der Waals surface area contributed by atoms with Gasteiger partial charge in [-0.15, -0.1) is 0 Å². The topological polar surface area (TPSA) is 37.7 Å². The summed E-state index contributed by atoms with van der Waals surface area (Å²) in [6.45, 7) is 8.11. The fourth-order valence-electron chi connectivity index (χ4n) is 3.84. The van der Waals surface area contributed by atoms with E-state index in [9.17, 15) is 0 Å². The van der Waals surface area contributed by atoms with E-state index in [0.717, 1.165) is 49.3 Å². The summed E-state index contributed by atoms with van der Waals surface area (Å²) < 4.78 is 6.15. The average molecular weight is 374 g/mol. The number of benzene rings is 1. The van der Waals surface area contributed by atoms with Gasteiger partial charge in [-0.1, -0.05) is 30.9 Å². The van der Waals surface area contributed by atoms with Crippen LogP contribution in [0, 0.1) is 6.92 Å². The van der Waals surface area contributed by atoms with Gasteiger partial charge in [-0.05, 0) is 61.7 Å². The first kappa shape index (κ1) is 18.6. The van der Waals surface area contributed by atoms with E-state index in [1.807, 2.05) is 12.3 Å². The zero-order valence-electron chi connectivity index (χ0n) is 16.7. The van der Waals surface area contributed by atoms with Gasteiger partial charge in [0.25, 0.3) is 0 Å². The molecule has 0 amide bonds. The van der Waals surface area contributed by atoms with E-state index in [-0.39, 0.29) is 6.10 Å². The van der Waals surface area contributed by atoms with Crippen molar-refractivity contribution < 1.29 is 4.74 Å². The van der Waals surface area contributed by atoms with Crippen molar-refractivity contribution in [1.82, 2.24) is 9.88 Å². The largest absolute Gasteiger partial charge is 0.474 e. The van der Waals surface area contributed by atoms with Crippen LogP contribution >= 0.6 is 0 Å². The van der Waals surface area contributed by atoms with E-state index in [0.29, 0.717) is 5.90 Å². The molecule has 0 spiro atoms. The van der Waals surface area contributed by atoms with Crippen molar-refractivity contribution >= 4 is 17.2 Å². The Labute approximate surface area is 167 Å². The lowest BCUT2D eigenvalue weighted by Crippen LogP contribution is -2.35. The lowest BCUT2D eigenvalue weighted by atomic mass is 9.99. The van der Waals surface area contributed by atoms with Crippen molar-refractivity contribution in [3.8, 4) is 0 Å². The van der Waals surface area contributed by atoms with E-state index in [4.69, 9.17) is 9.73 Å². The highest BCUT2D eigenvalue weighted by molar-refractivity contribution is 5.91. The van der Waals surface area contributed by atoms with Gasteiger partial charge in [0.05, 0.1) is 11.4 Å². The van der Waals surface area contributed by atoms with Gasteiger partial charge in [-0.3, -0.25) is 4.98 Å². The van der Waals surface area contributed by atoms with Crippen molar-refractivity contribution in [2.75, 3.05) is 20.1 Å². The molecule has 0 unspecified atom stereocenters. The predicted octanol–water partition coefficient (Wildman–Crippen LogP) is 4.70. The third kappa shape index (κ3) is 3.92. The Morgan fingerprint density at radius 2 is 2.11 bits per heavy atom. The van der Waals surface area contributed by atoms with Crippen LogP contribution in [0.5, 0.6) is 0 Å². The van der Waals surface area contributed by atoms with Crippen LogP contribution in [-0.4, -0.2) is 42.0 Å². The molecule has 1 aliphatic heterocycles. The van der Waals surface area contributed by atoms with Crippen LogP contribution in [-0.2, 0) is 11.2 Å². The van der Waals surface area contributed by atoms with Crippen molar-refractivity contribution in [1.29, 1.82) is 0 Å². The lowest BCUT2D eigenvalue weighted by Gasteiger charge is -2.29. The third-order valence-electron chi connectivity index (χ3n) is 5.56. The van der Waals surface area contributed by atoms with E-state index >= 15 is 0 Å². The second-order valence-electron chi connectivity index (χ2n) is 7.60. The number of fused-ring (bicyclic) bond motifs is 1. The monoisotopic (exact) mass is 373 g/mol. The SMILES string of the molecule is C=CC(=Nc1cc(C2=CCc3ncccc32)ccc1C)OC1CCN(C)CC1. The van der Waals surface area contributed by atoms with Gasteiger partial charge in [0.2, 0.25) is 5.90 Å². The first-order chi connectivity index (χ1) is 13.6. The number of nitrogens with zero attached hydrogens (tertiary/aromatic N) is 3. The van der Waals surface area contributed by atoms with Crippen molar-refractivity contribution in [2.24, 2.45) is 4.99 Å². The number of hydrogen-bond donors (Lipinski definition) is 0. The minimum atomic E-state index is 0.215. The van der Waals surface area contributed by atoms with Crippen molar-refractivity contribution in [3.05, 3.63) is 77.6 Å². The molecule has 0 N–H and O–H groups in total. The van der Waals surface area contributed by atoms with Crippen LogP contribution in [0.4, 0.5) is 5.69 Å². The molecular weight excluding hydrogens is 346 g/mol. The number of piperidine rings is 1. The number of rotatable bonds is 4. The molecule has 0 saturated carbocycles. The predicted molar refractivity (Wildman–Crippen MR) is 115 cm³/mol. The summed E-state index contributed by atoms with van der Waals surface area (Å²) in [5.74, 6) is 0.609. The quantitative estimate of drug-likeness (QED) is 0.576. The van der Waals surface area contributed by atoms with Crippen LogP contribution in [0.15, 0.2) is 60.3 Å². The smallest absolute Gasteiger partial charge is 0.213 e. The maximum atomic E-state index is 6.15. The number of aliphatic imine (C=N–C) groups is 1. The number of hydrogen-bond acceptors (Lipinski definition) is 4. The van der Waals surface area contributed by atoms with Crippen LogP contribution in [0.3, 0.4) is 0 Å². The highest BCUT2D eigenvalue weighted by atomic mass is 16.5. The molecule has 1 aromatic heterocycles. The van der Waals surface area contributed by atoms with Gasteiger partial charge in [0.15, 0.2) is 0 Å². The lowest BCUT2D eigenvalue weighted by molar-refractivity contribution is 0.106. The molecule has 2 aliphatic rings. The molecule has 4 rings (SSSR count). The Morgan fingerprint density at radius 3 is 2.89 bits per heavy atom. The zero-order valence-corrected chi connectivity index (χ0v) is 16.7. The van der Waals surface area contributed by atoms with E-state index in [1.54, 1.807) is 6.08 Å². The zero-order chi connectivity index (χ0) is 19.5. The summed E-state index contributed by atoms with van der Waals surface area (Å²) in [6, 6.07) is 10.6. The first-order valence-electron chi connectivity index (χ1n) is 9.96. The van der Waals surface area contributed by atoms with Gasteiger partial charge in [0.1, 0.15) is 6.10 Å². The number of aromatic nitrogens is 1. The molecule has 1 aromatic carbocycles. The Kier molecular flexibility index (Phi) is 5.40. The Morgan fingerprint density at radius 1 is 1.29 bits per heavy atom. The van der Waals surface area contributed by atoms with Crippen LogP contribution in [0.1, 0.15) is 35.2 Å². The van der Waals surface area contributed by atoms with E-state index < -0.39 is 0 Å². The minimum absolute atomic E-state index is 0.215. The van der Waals surface area contributed by atoms with E-state index in [1.165, 1.54) is 16.7 Å². The van der Waals surface area contributed by atoms with Gasteiger partial charge in [0, 0.05) is 31.3 Å². The maximum absolute atomic E-state index is 6.15. The van der Waals surface area contributed by atoms with Gasteiger partial charge in [-0.2, -0.15) is 0 Å². The van der Waals surface area contributed by atoms with Gasteiger partial charge in [-0.25, -0.2) is 4.99 Å². The Bertz CT molecular complexity index is 937. The molecule has 1 fully saturated rings. The van der Waals surface area contributed by atoms with Crippen molar-refractivity contribution in [2.45, 2.75) is 32.3 Å². The number of ether oxygens (including phenoxy) is 1. The molecule has 0 atom stereocenters. The number of pyridine rings is 1. The number of allylic oxidation sites excluding steroid dienone is 1. The standard InChI is InChI=1S/C24H27N3O/c1-4-24(28-19-11-14-27(3)15-12-19)26-23-16-18(8-7-17(23)2)20-9-10-22-21(20)6-5-13-25-22/h4-9,13,16,19H,1,10-12,14-15H2,2-3H3. The molecule has 2 aromatic rings. The number of aryl methyl sites for hydroxylation is 1. The molecule has 4 heteroatoms. The summed E-state index contributed by atoms with van der Waals surface area (Å²) in [7, 11) is 2.15. The molecule has 0 bridgehead atoms. The molecule has 1 saturated heterocycles. The van der Waals surface area contributed by atoms with Crippen LogP contribution < -0.4 is 0 Å². The summed E-state index contributed by atoms with van der Waals surface area (Å²) in [4.78, 5) is 11.6. The van der Waals surface area contributed by atoms with E-state index in [2.05, 4.69) is 60.8 Å². The summed E-state index contributed by atoms with van der Waals surface area (Å²) >= 11 is 0. The number of likely N-dealkylation sites (tertiary alicyclic amines) is 1. The van der Waals surface area contributed by atoms with Crippen LogP contribution in [0.25, 0.3) is 5.57 Å². The molecular formula is C24H27N3O. The Balaban J connectivity index is 1.58. The average Bonchev–Trinajstić information content (AvgIpc) is 3.15. The normalized spacial score (nSPS) is 17.9. The summed E-state index contributed by atoms with van der Waals surface area (Å²) in [5, 5.41) is 0. The van der Waals surface area contributed by atoms with Gasteiger partial charge >= 0.3 is 0 Å². The fraction of sp³-hybridized carbons (Fsp3) is 0.333. The second kappa shape index (κ2) is 8.11. The van der Waals surface area contributed by atoms with Crippen LogP contribution in [0.2, 0.25) is 0 Å². The third-order valence-corrected chi connectivity index (χ3v) is 5.56. The Hall–Kier alpha value is -2.72. The highest BCUT2D eigenvalue weighted by Gasteiger charge is 2.19. The molecule has 144 valence electrons. The second-order valence-corrected chi connectivity index (χ2v) is 7.60. The molecule has 1 aliphatic carbocycles. The highest BCUT2D eigenvalue weighted by Crippen LogP contribution is 2.34. The molecule has 2 heterocycles.